The molecule has 0 radical (unpaired) electrons. The summed E-state index contributed by atoms with van der Waals surface area (Å²) in [6, 6.07) is 6.47. The van der Waals surface area contributed by atoms with Crippen molar-refractivity contribution >= 4 is 39.4 Å². The fourth-order valence-corrected chi connectivity index (χ4v) is 2.79. The van der Waals surface area contributed by atoms with Crippen molar-refractivity contribution in [2.24, 2.45) is 7.05 Å². The number of hydrogen-bond donors (Lipinski definition) is 1. The molecule has 124 valence electrons. The van der Waals surface area contributed by atoms with Crippen molar-refractivity contribution in [2.45, 2.75) is 6.92 Å². The Morgan fingerprint density at radius 2 is 2.12 bits per heavy atom. The zero-order valence-electron chi connectivity index (χ0n) is 13.4. The molecule has 0 unspecified atom stereocenters. The van der Waals surface area contributed by atoms with Crippen molar-refractivity contribution in [3.63, 3.8) is 0 Å². The Labute approximate surface area is 143 Å². The number of nitrogens with zero attached hydrogens (tertiary/aromatic N) is 2. The Bertz CT molecular complexity index is 953. The lowest BCUT2D eigenvalue weighted by Crippen LogP contribution is -2.03. The largest absolute Gasteiger partial charge is 0.495 e. The van der Waals surface area contributed by atoms with Gasteiger partial charge >= 0.3 is 0 Å². The minimum atomic E-state index is -0.661. The predicted octanol–water partition coefficient (Wildman–Crippen LogP) is 4.15. The number of halogens is 2. The lowest BCUT2D eigenvalue weighted by atomic mass is 10.2. The molecule has 0 aliphatic rings. The number of carbonyl (C=O) groups is 1. The molecule has 0 aliphatic heterocycles. The van der Waals surface area contributed by atoms with E-state index in [0.717, 1.165) is 5.56 Å². The van der Waals surface area contributed by atoms with Crippen LogP contribution >= 0.6 is 11.6 Å². The van der Waals surface area contributed by atoms with Crippen LogP contribution in [-0.4, -0.2) is 21.9 Å². The molecule has 0 bridgehead atoms. The van der Waals surface area contributed by atoms with Crippen LogP contribution in [0.3, 0.4) is 0 Å². The first-order valence-corrected chi connectivity index (χ1v) is 7.55. The van der Waals surface area contributed by atoms with Gasteiger partial charge in [0.2, 0.25) is 0 Å². The number of nitrogens with one attached hydrogen (secondary N) is 1. The van der Waals surface area contributed by atoms with Gasteiger partial charge < -0.3 is 14.6 Å². The molecule has 3 aromatic rings. The topological polar surface area (TPSA) is 56.1 Å². The second-order valence-corrected chi connectivity index (χ2v) is 5.75. The van der Waals surface area contributed by atoms with E-state index >= 15 is 0 Å². The van der Waals surface area contributed by atoms with Gasteiger partial charge in [-0.05, 0) is 42.3 Å². The molecule has 24 heavy (non-hydrogen) atoms. The Balaban J connectivity index is 2.21. The Kier molecular flexibility index (Phi) is 4.15. The van der Waals surface area contributed by atoms with Gasteiger partial charge in [0.05, 0.1) is 24.6 Å². The zero-order chi connectivity index (χ0) is 17.4. The van der Waals surface area contributed by atoms with Crippen LogP contribution in [0, 0.1) is 12.7 Å². The van der Waals surface area contributed by atoms with Crippen molar-refractivity contribution < 1.29 is 13.9 Å². The number of aryl methyl sites for hydroxylation is 2. The third kappa shape index (κ3) is 2.69. The van der Waals surface area contributed by atoms with Crippen LogP contribution < -0.4 is 10.1 Å². The van der Waals surface area contributed by atoms with E-state index in [0.29, 0.717) is 22.6 Å². The number of ether oxygens (including phenoxy) is 1. The molecule has 0 atom stereocenters. The van der Waals surface area contributed by atoms with Gasteiger partial charge in [-0.15, -0.1) is 0 Å². The maximum Gasteiger partial charge on any atom is 0.256 e. The van der Waals surface area contributed by atoms with E-state index in [2.05, 4.69) is 10.3 Å². The minimum Gasteiger partial charge on any atom is -0.495 e. The maximum atomic E-state index is 14.1. The van der Waals surface area contributed by atoms with Crippen LogP contribution in [0.15, 0.2) is 30.5 Å². The summed E-state index contributed by atoms with van der Waals surface area (Å²) in [4.78, 5) is 16.3. The molecule has 0 amide bonds. The van der Waals surface area contributed by atoms with E-state index < -0.39 is 11.1 Å². The first kappa shape index (κ1) is 16.3. The second kappa shape index (κ2) is 6.13. The fourth-order valence-electron chi connectivity index (χ4n) is 2.60. The molecular weight excluding hydrogens is 333 g/mol. The number of aromatic nitrogens is 2. The van der Waals surface area contributed by atoms with E-state index in [1.54, 1.807) is 42.9 Å². The monoisotopic (exact) mass is 347 g/mol. The van der Waals surface area contributed by atoms with Gasteiger partial charge in [-0.1, -0.05) is 6.07 Å². The van der Waals surface area contributed by atoms with Gasteiger partial charge in [0, 0.05) is 12.4 Å². The smallest absolute Gasteiger partial charge is 0.256 e. The van der Waals surface area contributed by atoms with E-state index in [9.17, 15) is 9.18 Å². The second-order valence-electron chi connectivity index (χ2n) is 5.41. The molecule has 0 aliphatic carbocycles. The predicted molar refractivity (Wildman–Crippen MR) is 91.9 cm³/mol. The Morgan fingerprint density at radius 1 is 1.38 bits per heavy atom. The number of anilines is 2. The summed E-state index contributed by atoms with van der Waals surface area (Å²) in [5.74, 6) is 0.451. The molecule has 2 aromatic heterocycles. The summed E-state index contributed by atoms with van der Waals surface area (Å²) in [5, 5.41) is 2.82. The number of benzene rings is 1. The SMILES string of the molecule is COc1cnc2c(c1)c(C(=O)Cl)c(Nc1ccc(C)cc1F)n2C. The molecule has 0 saturated carbocycles. The average Bonchev–Trinajstić information content (AvgIpc) is 2.82. The number of hydrogen-bond acceptors (Lipinski definition) is 4. The zero-order valence-corrected chi connectivity index (χ0v) is 14.1. The van der Waals surface area contributed by atoms with Gasteiger partial charge in [-0.3, -0.25) is 4.79 Å². The fraction of sp³-hybridized carbons (Fsp3) is 0.176. The number of carbonyl (C=O) groups excluding carboxylic acids is 1. The first-order valence-electron chi connectivity index (χ1n) is 7.17. The molecule has 0 spiro atoms. The van der Waals surface area contributed by atoms with Gasteiger partial charge in [0.25, 0.3) is 5.24 Å². The molecule has 1 aromatic carbocycles. The average molecular weight is 348 g/mol. The third-order valence-corrected chi connectivity index (χ3v) is 4.00. The van der Waals surface area contributed by atoms with Crippen molar-refractivity contribution in [1.29, 1.82) is 0 Å². The van der Waals surface area contributed by atoms with Crippen molar-refractivity contribution in [3.05, 3.63) is 47.4 Å². The highest BCUT2D eigenvalue weighted by molar-refractivity contribution is 6.69. The van der Waals surface area contributed by atoms with Gasteiger partial charge in [-0.2, -0.15) is 0 Å². The summed E-state index contributed by atoms with van der Waals surface area (Å²) in [7, 11) is 3.23. The van der Waals surface area contributed by atoms with Crippen LogP contribution in [0.1, 0.15) is 15.9 Å². The number of pyridine rings is 1. The minimum absolute atomic E-state index is 0.223. The third-order valence-electron chi connectivity index (χ3n) is 3.81. The van der Waals surface area contributed by atoms with Crippen LogP contribution in [0.25, 0.3) is 11.0 Å². The highest BCUT2D eigenvalue weighted by Crippen LogP contribution is 2.34. The van der Waals surface area contributed by atoms with Gasteiger partial charge in [0.15, 0.2) is 0 Å². The molecule has 5 nitrogen and oxygen atoms in total. The molecule has 1 N–H and O–H groups in total. The van der Waals surface area contributed by atoms with Crippen molar-refractivity contribution in [1.82, 2.24) is 9.55 Å². The van der Waals surface area contributed by atoms with E-state index in [1.165, 1.54) is 13.2 Å². The lowest BCUT2D eigenvalue weighted by molar-refractivity contribution is 0.108. The molecule has 2 heterocycles. The van der Waals surface area contributed by atoms with Crippen LogP contribution in [0.4, 0.5) is 15.9 Å². The molecule has 7 heteroatoms. The molecule has 0 fully saturated rings. The summed E-state index contributed by atoms with van der Waals surface area (Å²) in [5.41, 5.74) is 1.81. The van der Waals surface area contributed by atoms with Crippen LogP contribution in [0.2, 0.25) is 0 Å². The standard InChI is InChI=1S/C17H15ClFN3O2/c1-9-4-5-13(12(19)6-9)21-17-14(15(18)23)11-7-10(24-3)8-20-16(11)22(17)2/h4-8,21H,1-3H3. The van der Waals surface area contributed by atoms with E-state index in [-0.39, 0.29) is 11.3 Å². The highest BCUT2D eigenvalue weighted by Gasteiger charge is 2.22. The van der Waals surface area contributed by atoms with Crippen molar-refractivity contribution in [2.75, 3.05) is 12.4 Å². The number of rotatable bonds is 4. The van der Waals surface area contributed by atoms with Crippen LogP contribution in [-0.2, 0) is 7.05 Å². The highest BCUT2D eigenvalue weighted by atomic mass is 35.5. The van der Waals surface area contributed by atoms with Crippen molar-refractivity contribution in [3.8, 4) is 5.75 Å². The Morgan fingerprint density at radius 3 is 2.75 bits per heavy atom. The van der Waals surface area contributed by atoms with Gasteiger partial charge in [0.1, 0.15) is 23.0 Å². The summed E-state index contributed by atoms with van der Waals surface area (Å²) in [6.45, 7) is 1.80. The summed E-state index contributed by atoms with van der Waals surface area (Å²) >= 11 is 5.77. The summed E-state index contributed by atoms with van der Waals surface area (Å²) in [6.07, 6.45) is 1.54. The number of fused-ring (bicyclic) bond motifs is 1. The Hall–Kier alpha value is -2.60. The number of methoxy groups -OCH3 is 1. The molecular formula is C17H15ClFN3O2. The van der Waals surface area contributed by atoms with Gasteiger partial charge in [-0.25, -0.2) is 9.37 Å². The quantitative estimate of drug-likeness (QED) is 0.720. The summed E-state index contributed by atoms with van der Waals surface area (Å²) < 4.78 is 21.0. The molecule has 3 rings (SSSR count). The van der Waals surface area contributed by atoms with E-state index in [1.807, 2.05) is 0 Å². The maximum absolute atomic E-state index is 14.1. The first-order chi connectivity index (χ1) is 11.4. The van der Waals surface area contributed by atoms with E-state index in [4.69, 9.17) is 16.3 Å². The van der Waals surface area contributed by atoms with Crippen LogP contribution in [0.5, 0.6) is 5.75 Å². The lowest BCUT2D eigenvalue weighted by Gasteiger charge is -2.10. The molecule has 0 saturated heterocycles. The normalized spacial score (nSPS) is 10.9.